The number of methoxy groups -OCH3 is 1. The molecule has 174 valence electrons. The van der Waals surface area contributed by atoms with Gasteiger partial charge in [-0.15, -0.1) is 24.0 Å². The number of benzene rings is 1. The largest absolute Gasteiger partial charge is 0.493 e. The molecule has 0 aromatic heterocycles. The average molecular weight is 544 g/mol. The molecule has 1 aliphatic heterocycles. The summed E-state index contributed by atoms with van der Waals surface area (Å²) in [6.45, 7) is 4.77. The van der Waals surface area contributed by atoms with Crippen LogP contribution in [0.1, 0.15) is 51.0 Å². The standard InChI is InChI=1S/C23H36N4O3.HI/c1-4-30-21-14-17(10-11-20(21)29-3)15-25-23(24-2)26-19-12-13-27(16-19)22(28)18-8-6-5-7-9-18;/h10-11,14,18-19H,4-9,12-13,15-16H2,1-3H3,(H2,24,25,26);1H. The van der Waals surface area contributed by atoms with E-state index in [2.05, 4.69) is 15.6 Å². The van der Waals surface area contributed by atoms with Crippen molar-refractivity contribution in [2.45, 2.75) is 58.0 Å². The lowest BCUT2D eigenvalue weighted by atomic mass is 9.88. The van der Waals surface area contributed by atoms with Crippen LogP contribution in [0.3, 0.4) is 0 Å². The zero-order valence-electron chi connectivity index (χ0n) is 19.0. The third-order valence-corrected chi connectivity index (χ3v) is 6.01. The van der Waals surface area contributed by atoms with Gasteiger partial charge >= 0.3 is 0 Å². The minimum absolute atomic E-state index is 0. The minimum atomic E-state index is 0. The number of hydrogen-bond acceptors (Lipinski definition) is 4. The maximum absolute atomic E-state index is 12.8. The Morgan fingerprint density at radius 2 is 1.97 bits per heavy atom. The van der Waals surface area contributed by atoms with Crippen LogP contribution in [-0.2, 0) is 11.3 Å². The normalized spacial score (nSPS) is 19.5. The topological polar surface area (TPSA) is 75.2 Å². The van der Waals surface area contributed by atoms with Gasteiger partial charge in [-0.25, -0.2) is 0 Å². The second-order valence-electron chi connectivity index (χ2n) is 8.09. The van der Waals surface area contributed by atoms with Gasteiger partial charge in [-0.1, -0.05) is 25.3 Å². The number of likely N-dealkylation sites (tertiary alicyclic amines) is 1. The van der Waals surface area contributed by atoms with Crippen molar-refractivity contribution in [3.8, 4) is 11.5 Å². The highest BCUT2D eigenvalue weighted by Gasteiger charge is 2.31. The monoisotopic (exact) mass is 544 g/mol. The molecule has 1 aromatic carbocycles. The lowest BCUT2D eigenvalue weighted by Gasteiger charge is -2.26. The first kappa shape index (κ1) is 25.5. The summed E-state index contributed by atoms with van der Waals surface area (Å²) < 4.78 is 11.0. The molecule has 31 heavy (non-hydrogen) atoms. The average Bonchev–Trinajstić information content (AvgIpc) is 3.25. The molecule has 0 radical (unpaired) electrons. The number of nitrogens with one attached hydrogen (secondary N) is 2. The van der Waals surface area contributed by atoms with Gasteiger partial charge in [0.05, 0.1) is 13.7 Å². The molecular weight excluding hydrogens is 507 g/mol. The van der Waals surface area contributed by atoms with Crippen molar-refractivity contribution >= 4 is 35.8 Å². The first-order valence-electron chi connectivity index (χ1n) is 11.2. The highest BCUT2D eigenvalue weighted by Crippen LogP contribution is 2.28. The summed E-state index contributed by atoms with van der Waals surface area (Å²) in [6.07, 6.45) is 6.73. The summed E-state index contributed by atoms with van der Waals surface area (Å²) in [4.78, 5) is 19.2. The van der Waals surface area contributed by atoms with Gasteiger partial charge in [-0.05, 0) is 43.9 Å². The molecule has 1 saturated carbocycles. The van der Waals surface area contributed by atoms with Crippen molar-refractivity contribution < 1.29 is 14.3 Å². The number of halogens is 1. The predicted octanol–water partition coefficient (Wildman–Crippen LogP) is 3.56. The summed E-state index contributed by atoms with van der Waals surface area (Å²) in [5.74, 6) is 2.82. The van der Waals surface area contributed by atoms with Crippen LogP contribution in [0.15, 0.2) is 23.2 Å². The third kappa shape index (κ3) is 7.15. The van der Waals surface area contributed by atoms with E-state index in [0.29, 0.717) is 19.1 Å². The molecule has 1 amide bonds. The van der Waals surface area contributed by atoms with Crippen molar-refractivity contribution in [1.29, 1.82) is 0 Å². The molecule has 1 unspecified atom stereocenters. The Kier molecular flexibility index (Phi) is 10.7. The Bertz CT molecular complexity index is 738. The Labute approximate surface area is 203 Å². The van der Waals surface area contributed by atoms with Crippen molar-refractivity contribution in [2.24, 2.45) is 10.9 Å². The van der Waals surface area contributed by atoms with E-state index >= 15 is 0 Å². The van der Waals surface area contributed by atoms with Gasteiger partial charge in [0.2, 0.25) is 5.91 Å². The maximum Gasteiger partial charge on any atom is 0.225 e. The Morgan fingerprint density at radius 1 is 1.19 bits per heavy atom. The Balaban J connectivity index is 0.00000341. The molecule has 1 heterocycles. The van der Waals surface area contributed by atoms with E-state index in [1.807, 2.05) is 30.0 Å². The molecule has 1 atom stereocenters. The first-order chi connectivity index (χ1) is 14.6. The van der Waals surface area contributed by atoms with Crippen LogP contribution in [0.2, 0.25) is 0 Å². The molecule has 2 N–H and O–H groups in total. The summed E-state index contributed by atoms with van der Waals surface area (Å²) in [6, 6.07) is 6.16. The highest BCUT2D eigenvalue weighted by molar-refractivity contribution is 14.0. The van der Waals surface area contributed by atoms with Crippen LogP contribution >= 0.6 is 24.0 Å². The van der Waals surface area contributed by atoms with Gasteiger partial charge in [-0.3, -0.25) is 9.79 Å². The fraction of sp³-hybridized carbons (Fsp3) is 0.652. The molecule has 1 saturated heterocycles. The van der Waals surface area contributed by atoms with Crippen molar-refractivity contribution in [3.63, 3.8) is 0 Å². The number of ether oxygens (including phenoxy) is 2. The van der Waals surface area contributed by atoms with E-state index in [-0.39, 0.29) is 35.9 Å². The number of aliphatic imine (C=N–C) groups is 1. The number of amides is 1. The second-order valence-corrected chi connectivity index (χ2v) is 8.09. The molecule has 8 heteroatoms. The van der Waals surface area contributed by atoms with Crippen molar-refractivity contribution in [3.05, 3.63) is 23.8 Å². The second kappa shape index (κ2) is 13.0. The van der Waals surface area contributed by atoms with E-state index in [4.69, 9.17) is 9.47 Å². The summed E-state index contributed by atoms with van der Waals surface area (Å²) in [7, 11) is 3.42. The number of carbonyl (C=O) groups is 1. The van der Waals surface area contributed by atoms with Crippen molar-refractivity contribution in [2.75, 3.05) is 33.9 Å². The van der Waals surface area contributed by atoms with Crippen LogP contribution < -0.4 is 20.1 Å². The number of nitrogens with zero attached hydrogens (tertiary/aromatic N) is 2. The van der Waals surface area contributed by atoms with E-state index < -0.39 is 0 Å². The quantitative estimate of drug-likeness (QED) is 0.312. The molecule has 1 aromatic rings. The van der Waals surface area contributed by atoms with Crippen LogP contribution in [0.25, 0.3) is 0 Å². The highest BCUT2D eigenvalue weighted by atomic mass is 127. The van der Waals surface area contributed by atoms with E-state index in [1.54, 1.807) is 14.2 Å². The number of rotatable bonds is 7. The fourth-order valence-electron chi connectivity index (χ4n) is 4.36. The molecular formula is C23H37IN4O3. The lowest BCUT2D eigenvalue weighted by molar-refractivity contribution is -0.135. The van der Waals surface area contributed by atoms with E-state index in [9.17, 15) is 4.79 Å². The van der Waals surface area contributed by atoms with Gasteiger partial charge in [-0.2, -0.15) is 0 Å². The summed E-state index contributed by atoms with van der Waals surface area (Å²) in [5, 5.41) is 6.84. The van der Waals surface area contributed by atoms with E-state index in [0.717, 1.165) is 55.4 Å². The van der Waals surface area contributed by atoms with Crippen molar-refractivity contribution in [1.82, 2.24) is 15.5 Å². The van der Waals surface area contributed by atoms with Crippen LogP contribution in [0.5, 0.6) is 11.5 Å². The first-order valence-corrected chi connectivity index (χ1v) is 11.2. The van der Waals surface area contributed by atoms with Gasteiger partial charge in [0, 0.05) is 38.6 Å². The minimum Gasteiger partial charge on any atom is -0.493 e. The van der Waals surface area contributed by atoms with Gasteiger partial charge in [0.15, 0.2) is 17.5 Å². The smallest absolute Gasteiger partial charge is 0.225 e. The van der Waals surface area contributed by atoms with Crippen LogP contribution in [0.4, 0.5) is 0 Å². The van der Waals surface area contributed by atoms with Gasteiger partial charge in [0.25, 0.3) is 0 Å². The Morgan fingerprint density at radius 3 is 2.65 bits per heavy atom. The van der Waals surface area contributed by atoms with Crippen LogP contribution in [-0.4, -0.2) is 56.7 Å². The van der Waals surface area contributed by atoms with Crippen LogP contribution in [0, 0.1) is 5.92 Å². The SMILES string of the molecule is CCOc1cc(CNC(=NC)NC2CCN(C(=O)C3CCCCC3)C2)ccc1OC.I. The molecule has 2 aliphatic rings. The zero-order valence-corrected chi connectivity index (χ0v) is 21.3. The summed E-state index contributed by atoms with van der Waals surface area (Å²) >= 11 is 0. The van der Waals surface area contributed by atoms with Gasteiger partial charge in [0.1, 0.15) is 0 Å². The molecule has 2 fully saturated rings. The third-order valence-electron chi connectivity index (χ3n) is 6.01. The number of guanidine groups is 1. The summed E-state index contributed by atoms with van der Waals surface area (Å²) in [5.41, 5.74) is 1.09. The molecule has 0 spiro atoms. The maximum atomic E-state index is 12.8. The predicted molar refractivity (Wildman–Crippen MR) is 134 cm³/mol. The fourth-order valence-corrected chi connectivity index (χ4v) is 4.36. The molecule has 1 aliphatic carbocycles. The lowest BCUT2D eigenvalue weighted by Crippen LogP contribution is -2.45. The number of hydrogen-bond donors (Lipinski definition) is 2. The molecule has 0 bridgehead atoms. The molecule has 3 rings (SSSR count). The zero-order chi connectivity index (χ0) is 21.3. The Hall–Kier alpha value is -1.71. The van der Waals surface area contributed by atoms with E-state index in [1.165, 1.54) is 19.3 Å². The van der Waals surface area contributed by atoms with Gasteiger partial charge < -0.3 is 25.0 Å². The molecule has 7 nitrogen and oxygen atoms in total. The number of carbonyl (C=O) groups excluding carboxylic acids is 1.